The number of hydrazine groups is 1. The van der Waals surface area contributed by atoms with Gasteiger partial charge in [-0.05, 0) is 43.7 Å². The average molecular weight is 295 g/mol. The number of hydrogen-bond donors (Lipinski definition) is 1. The standard InChI is InChI=1S/C17H17N3O2/c1-11-9-13(12(2)19(11)3)10-15-16(21)18-20(17(15)22)14-7-5-4-6-8-14/h4-10H,1-3H3,(H,18,21). The van der Waals surface area contributed by atoms with E-state index in [1.165, 1.54) is 5.01 Å². The minimum atomic E-state index is -0.380. The van der Waals surface area contributed by atoms with E-state index in [9.17, 15) is 9.59 Å². The second-order valence-electron chi connectivity index (χ2n) is 5.36. The van der Waals surface area contributed by atoms with Crippen molar-refractivity contribution in [1.82, 2.24) is 9.99 Å². The fourth-order valence-electron chi connectivity index (χ4n) is 2.50. The molecule has 2 amide bonds. The number of para-hydroxylation sites is 1. The maximum atomic E-state index is 12.5. The van der Waals surface area contributed by atoms with E-state index in [0.717, 1.165) is 17.0 Å². The Morgan fingerprint density at radius 3 is 2.36 bits per heavy atom. The average Bonchev–Trinajstić information content (AvgIpc) is 2.93. The molecule has 1 N–H and O–H groups in total. The predicted octanol–water partition coefficient (Wildman–Crippen LogP) is 2.10. The van der Waals surface area contributed by atoms with Crippen LogP contribution in [0.4, 0.5) is 5.69 Å². The molecule has 112 valence electrons. The van der Waals surface area contributed by atoms with E-state index in [2.05, 4.69) is 5.43 Å². The van der Waals surface area contributed by atoms with Crippen molar-refractivity contribution in [3.63, 3.8) is 0 Å². The first-order chi connectivity index (χ1) is 10.5. The van der Waals surface area contributed by atoms with Crippen LogP contribution in [0, 0.1) is 13.8 Å². The number of rotatable bonds is 2. The molecule has 0 spiro atoms. The van der Waals surface area contributed by atoms with Gasteiger partial charge in [-0.15, -0.1) is 0 Å². The Morgan fingerprint density at radius 2 is 1.77 bits per heavy atom. The van der Waals surface area contributed by atoms with Crippen molar-refractivity contribution in [3.05, 3.63) is 58.9 Å². The van der Waals surface area contributed by atoms with Gasteiger partial charge in [0.1, 0.15) is 5.57 Å². The summed E-state index contributed by atoms with van der Waals surface area (Å²) in [6.07, 6.45) is 1.66. The van der Waals surface area contributed by atoms with E-state index >= 15 is 0 Å². The molecule has 1 fully saturated rings. The Morgan fingerprint density at radius 1 is 1.09 bits per heavy atom. The molecule has 5 heteroatoms. The molecular formula is C17H17N3O2. The van der Waals surface area contributed by atoms with Crippen LogP contribution in [-0.4, -0.2) is 16.4 Å². The first kappa shape index (κ1) is 14.1. The van der Waals surface area contributed by atoms with Gasteiger partial charge in [-0.3, -0.25) is 15.0 Å². The lowest BCUT2D eigenvalue weighted by atomic mass is 10.1. The third-order valence-electron chi connectivity index (χ3n) is 4.02. The predicted molar refractivity (Wildman–Crippen MR) is 84.9 cm³/mol. The number of nitrogens with zero attached hydrogens (tertiary/aromatic N) is 2. The molecule has 0 radical (unpaired) electrons. The van der Waals surface area contributed by atoms with Crippen LogP contribution in [-0.2, 0) is 16.6 Å². The molecule has 1 aromatic heterocycles. The molecule has 0 saturated carbocycles. The van der Waals surface area contributed by atoms with Crippen LogP contribution >= 0.6 is 0 Å². The fraction of sp³-hybridized carbons (Fsp3) is 0.176. The molecule has 0 unspecified atom stereocenters. The summed E-state index contributed by atoms with van der Waals surface area (Å²) in [5.74, 6) is -0.716. The van der Waals surface area contributed by atoms with Crippen LogP contribution in [0.15, 0.2) is 42.0 Å². The van der Waals surface area contributed by atoms with Gasteiger partial charge in [0, 0.05) is 18.4 Å². The second kappa shape index (κ2) is 5.18. The number of nitrogens with one attached hydrogen (secondary N) is 1. The molecule has 1 aliphatic heterocycles. The zero-order chi connectivity index (χ0) is 15.9. The fourth-order valence-corrected chi connectivity index (χ4v) is 2.50. The van der Waals surface area contributed by atoms with Gasteiger partial charge in [0.2, 0.25) is 0 Å². The molecule has 22 heavy (non-hydrogen) atoms. The molecule has 5 nitrogen and oxygen atoms in total. The number of carbonyl (C=O) groups is 2. The van der Waals surface area contributed by atoms with Gasteiger partial charge >= 0.3 is 0 Å². The van der Waals surface area contributed by atoms with Gasteiger partial charge in [-0.25, -0.2) is 5.01 Å². The quantitative estimate of drug-likeness (QED) is 0.681. The number of aryl methyl sites for hydroxylation is 1. The highest BCUT2D eigenvalue weighted by Gasteiger charge is 2.34. The van der Waals surface area contributed by atoms with Crippen LogP contribution in [0.3, 0.4) is 0 Å². The third-order valence-corrected chi connectivity index (χ3v) is 4.02. The van der Waals surface area contributed by atoms with Crippen molar-refractivity contribution >= 4 is 23.6 Å². The van der Waals surface area contributed by atoms with Gasteiger partial charge in [0.15, 0.2) is 0 Å². The lowest BCUT2D eigenvalue weighted by Gasteiger charge is -2.13. The Bertz CT molecular complexity index is 788. The molecule has 2 aromatic rings. The third kappa shape index (κ3) is 2.20. The summed E-state index contributed by atoms with van der Waals surface area (Å²) < 4.78 is 2.03. The Labute approximate surface area is 128 Å². The van der Waals surface area contributed by atoms with Gasteiger partial charge in [0.05, 0.1) is 5.69 Å². The molecular weight excluding hydrogens is 278 g/mol. The Balaban J connectivity index is 1.98. The van der Waals surface area contributed by atoms with Crippen molar-refractivity contribution < 1.29 is 9.59 Å². The number of amides is 2. The van der Waals surface area contributed by atoms with Crippen molar-refractivity contribution in [2.45, 2.75) is 13.8 Å². The normalized spacial score (nSPS) is 16.5. The summed E-state index contributed by atoms with van der Waals surface area (Å²) >= 11 is 0. The molecule has 1 aliphatic rings. The maximum absolute atomic E-state index is 12.5. The zero-order valence-corrected chi connectivity index (χ0v) is 12.8. The number of benzene rings is 1. The number of aromatic nitrogens is 1. The summed E-state index contributed by atoms with van der Waals surface area (Å²) in [6, 6.07) is 11.0. The van der Waals surface area contributed by atoms with Crippen LogP contribution in [0.25, 0.3) is 6.08 Å². The lowest BCUT2D eigenvalue weighted by molar-refractivity contribution is -0.117. The SMILES string of the molecule is Cc1cc(C=C2C(=O)NN(c3ccccc3)C2=O)c(C)n1C. The number of carbonyl (C=O) groups excluding carboxylic acids is 2. The monoisotopic (exact) mass is 295 g/mol. The Hall–Kier alpha value is -2.82. The minimum absolute atomic E-state index is 0.151. The molecule has 3 rings (SSSR count). The van der Waals surface area contributed by atoms with E-state index in [1.807, 2.05) is 49.7 Å². The van der Waals surface area contributed by atoms with Gasteiger partial charge < -0.3 is 4.57 Å². The Kier molecular flexibility index (Phi) is 3.33. The van der Waals surface area contributed by atoms with Crippen molar-refractivity contribution in [1.29, 1.82) is 0 Å². The molecule has 0 aliphatic carbocycles. The number of hydrogen-bond acceptors (Lipinski definition) is 2. The van der Waals surface area contributed by atoms with Crippen molar-refractivity contribution in [2.75, 3.05) is 5.01 Å². The molecule has 0 bridgehead atoms. The van der Waals surface area contributed by atoms with Crippen LogP contribution in [0.2, 0.25) is 0 Å². The topological polar surface area (TPSA) is 54.3 Å². The summed E-state index contributed by atoms with van der Waals surface area (Å²) in [4.78, 5) is 24.6. The van der Waals surface area contributed by atoms with E-state index < -0.39 is 0 Å². The first-order valence-corrected chi connectivity index (χ1v) is 7.04. The summed E-state index contributed by atoms with van der Waals surface area (Å²) in [5.41, 5.74) is 6.37. The highest BCUT2D eigenvalue weighted by atomic mass is 16.2. The van der Waals surface area contributed by atoms with Crippen LogP contribution < -0.4 is 10.4 Å². The van der Waals surface area contributed by atoms with Crippen LogP contribution in [0.1, 0.15) is 17.0 Å². The summed E-state index contributed by atoms with van der Waals surface area (Å²) in [5, 5.41) is 1.28. The zero-order valence-electron chi connectivity index (χ0n) is 12.8. The van der Waals surface area contributed by atoms with E-state index in [4.69, 9.17) is 0 Å². The summed E-state index contributed by atoms with van der Waals surface area (Å²) in [6.45, 7) is 3.95. The largest absolute Gasteiger partial charge is 0.352 e. The molecule has 1 saturated heterocycles. The minimum Gasteiger partial charge on any atom is -0.352 e. The van der Waals surface area contributed by atoms with E-state index in [1.54, 1.807) is 18.2 Å². The smallest absolute Gasteiger partial charge is 0.282 e. The maximum Gasteiger partial charge on any atom is 0.282 e. The molecule has 1 aromatic carbocycles. The highest BCUT2D eigenvalue weighted by molar-refractivity contribution is 6.31. The van der Waals surface area contributed by atoms with Crippen LogP contribution in [0.5, 0.6) is 0 Å². The first-order valence-electron chi connectivity index (χ1n) is 7.04. The van der Waals surface area contributed by atoms with Crippen molar-refractivity contribution in [2.24, 2.45) is 7.05 Å². The van der Waals surface area contributed by atoms with E-state index in [0.29, 0.717) is 5.69 Å². The molecule has 0 atom stereocenters. The number of anilines is 1. The molecule has 2 heterocycles. The lowest BCUT2D eigenvalue weighted by Crippen LogP contribution is -2.35. The highest BCUT2D eigenvalue weighted by Crippen LogP contribution is 2.23. The summed E-state index contributed by atoms with van der Waals surface area (Å²) in [7, 11) is 1.96. The van der Waals surface area contributed by atoms with Gasteiger partial charge in [-0.2, -0.15) is 0 Å². The van der Waals surface area contributed by atoms with Gasteiger partial charge in [-0.1, -0.05) is 18.2 Å². The van der Waals surface area contributed by atoms with E-state index in [-0.39, 0.29) is 17.4 Å². The van der Waals surface area contributed by atoms with Gasteiger partial charge in [0.25, 0.3) is 11.8 Å². The second-order valence-corrected chi connectivity index (χ2v) is 5.36. The van der Waals surface area contributed by atoms with Crippen molar-refractivity contribution in [3.8, 4) is 0 Å².